The van der Waals surface area contributed by atoms with Gasteiger partial charge in [-0.25, -0.2) is 14.4 Å². The van der Waals surface area contributed by atoms with Gasteiger partial charge in [0, 0.05) is 11.8 Å². The highest BCUT2D eigenvalue weighted by atomic mass is 19.4. The number of nitrogens with zero attached hydrogens (tertiary/aromatic N) is 3. The summed E-state index contributed by atoms with van der Waals surface area (Å²) in [5.41, 5.74) is 1.76. The highest BCUT2D eigenvalue weighted by Crippen LogP contribution is 2.26. The molecule has 0 aliphatic carbocycles. The van der Waals surface area contributed by atoms with Crippen LogP contribution in [0.2, 0.25) is 0 Å². The van der Waals surface area contributed by atoms with E-state index in [0.29, 0.717) is 34.2 Å². The minimum Gasteiger partial charge on any atom is -0.406 e. The van der Waals surface area contributed by atoms with E-state index in [1.165, 1.54) is 36.4 Å². The quantitative estimate of drug-likeness (QED) is 0.458. The molecule has 0 fully saturated rings. The molecule has 5 nitrogen and oxygen atoms in total. The van der Waals surface area contributed by atoms with Gasteiger partial charge in [-0.1, -0.05) is 6.07 Å². The fourth-order valence-corrected chi connectivity index (χ4v) is 2.96. The smallest absolute Gasteiger partial charge is 0.406 e. The predicted octanol–water partition coefficient (Wildman–Crippen LogP) is 5.51. The molecule has 0 saturated carbocycles. The molecule has 1 N–H and O–H groups in total. The number of pyridine rings is 1. The SMILES string of the molecule is Cc1nc2ccc(F)cc2n1-c1cccc(Nc2ccc(OC(F)(F)F)cc2)n1. The van der Waals surface area contributed by atoms with Gasteiger partial charge in [0.05, 0.1) is 11.0 Å². The Labute approximate surface area is 162 Å². The second-order valence-corrected chi connectivity index (χ2v) is 6.21. The van der Waals surface area contributed by atoms with Crippen LogP contribution in [0.15, 0.2) is 60.7 Å². The van der Waals surface area contributed by atoms with Crippen molar-refractivity contribution >= 4 is 22.5 Å². The number of ether oxygens (including phenoxy) is 1. The number of hydrogen-bond acceptors (Lipinski definition) is 4. The van der Waals surface area contributed by atoms with Crippen molar-refractivity contribution in [1.29, 1.82) is 0 Å². The molecule has 0 spiro atoms. The van der Waals surface area contributed by atoms with E-state index in [-0.39, 0.29) is 11.6 Å². The normalized spacial score (nSPS) is 11.6. The van der Waals surface area contributed by atoms with Crippen molar-refractivity contribution in [3.8, 4) is 11.6 Å². The molecule has 0 saturated heterocycles. The van der Waals surface area contributed by atoms with Gasteiger partial charge >= 0.3 is 6.36 Å². The van der Waals surface area contributed by atoms with Gasteiger partial charge in [0.1, 0.15) is 29.0 Å². The Kier molecular flexibility index (Phi) is 4.57. The van der Waals surface area contributed by atoms with Gasteiger partial charge in [0.25, 0.3) is 0 Å². The molecule has 0 radical (unpaired) electrons. The van der Waals surface area contributed by atoms with Crippen molar-refractivity contribution in [2.75, 3.05) is 5.32 Å². The number of anilines is 2. The Bertz CT molecular complexity index is 1170. The summed E-state index contributed by atoms with van der Waals surface area (Å²) < 4.78 is 56.0. The topological polar surface area (TPSA) is 52.0 Å². The highest BCUT2D eigenvalue weighted by molar-refractivity contribution is 5.78. The predicted molar refractivity (Wildman–Crippen MR) is 100.0 cm³/mol. The molecule has 29 heavy (non-hydrogen) atoms. The molecule has 9 heteroatoms. The Morgan fingerprint density at radius 2 is 1.72 bits per heavy atom. The maximum atomic E-state index is 13.7. The molecule has 0 amide bonds. The van der Waals surface area contributed by atoms with Crippen molar-refractivity contribution in [2.24, 2.45) is 0 Å². The number of benzene rings is 2. The van der Waals surface area contributed by atoms with Crippen molar-refractivity contribution < 1.29 is 22.3 Å². The number of rotatable bonds is 4. The molecule has 0 atom stereocenters. The number of imidazole rings is 1. The van der Waals surface area contributed by atoms with Crippen LogP contribution in [0.3, 0.4) is 0 Å². The minimum atomic E-state index is -4.74. The number of hydrogen-bond donors (Lipinski definition) is 1. The monoisotopic (exact) mass is 402 g/mol. The van der Waals surface area contributed by atoms with E-state index in [1.807, 2.05) is 0 Å². The van der Waals surface area contributed by atoms with E-state index in [1.54, 1.807) is 35.8 Å². The van der Waals surface area contributed by atoms with Crippen LogP contribution in [0.25, 0.3) is 16.9 Å². The molecule has 0 aliphatic heterocycles. The lowest BCUT2D eigenvalue weighted by Gasteiger charge is -2.11. The Morgan fingerprint density at radius 3 is 2.45 bits per heavy atom. The zero-order valence-corrected chi connectivity index (χ0v) is 15.0. The van der Waals surface area contributed by atoms with Gasteiger partial charge in [0.2, 0.25) is 0 Å². The van der Waals surface area contributed by atoms with Gasteiger partial charge < -0.3 is 10.1 Å². The fraction of sp³-hybridized carbons (Fsp3) is 0.100. The van der Waals surface area contributed by atoms with Crippen LogP contribution in [0.5, 0.6) is 5.75 Å². The summed E-state index contributed by atoms with van der Waals surface area (Å²) >= 11 is 0. The Balaban J connectivity index is 1.62. The van der Waals surface area contributed by atoms with E-state index < -0.39 is 6.36 Å². The van der Waals surface area contributed by atoms with Crippen molar-refractivity contribution in [3.63, 3.8) is 0 Å². The zero-order valence-electron chi connectivity index (χ0n) is 15.0. The summed E-state index contributed by atoms with van der Waals surface area (Å²) in [6.45, 7) is 1.79. The second-order valence-electron chi connectivity index (χ2n) is 6.21. The molecule has 4 aromatic rings. The Morgan fingerprint density at radius 1 is 0.966 bits per heavy atom. The third kappa shape index (κ3) is 4.13. The van der Waals surface area contributed by atoms with Crippen LogP contribution >= 0.6 is 0 Å². The van der Waals surface area contributed by atoms with E-state index >= 15 is 0 Å². The average molecular weight is 402 g/mol. The molecule has 0 aliphatic rings. The molecule has 4 rings (SSSR count). The zero-order chi connectivity index (χ0) is 20.6. The first kappa shape index (κ1) is 18.7. The van der Waals surface area contributed by atoms with E-state index in [2.05, 4.69) is 20.0 Å². The Hall–Kier alpha value is -3.62. The van der Waals surface area contributed by atoms with Crippen LogP contribution in [-0.2, 0) is 0 Å². The maximum Gasteiger partial charge on any atom is 0.573 e. The number of fused-ring (bicyclic) bond motifs is 1. The van der Waals surface area contributed by atoms with Crippen LogP contribution in [0, 0.1) is 12.7 Å². The van der Waals surface area contributed by atoms with Crippen molar-refractivity contribution in [3.05, 3.63) is 72.3 Å². The largest absolute Gasteiger partial charge is 0.573 e. The van der Waals surface area contributed by atoms with Crippen LogP contribution in [0.4, 0.5) is 29.1 Å². The second kappa shape index (κ2) is 7.08. The van der Waals surface area contributed by atoms with E-state index in [4.69, 9.17) is 0 Å². The van der Waals surface area contributed by atoms with E-state index in [9.17, 15) is 17.6 Å². The molecule has 148 valence electrons. The summed E-state index contributed by atoms with van der Waals surface area (Å²) in [6, 6.07) is 14.9. The third-order valence-corrected chi connectivity index (χ3v) is 4.11. The summed E-state index contributed by atoms with van der Waals surface area (Å²) in [5, 5.41) is 3.02. The third-order valence-electron chi connectivity index (χ3n) is 4.11. The van der Waals surface area contributed by atoms with Crippen molar-refractivity contribution in [1.82, 2.24) is 14.5 Å². The first-order valence-electron chi connectivity index (χ1n) is 8.53. The summed E-state index contributed by atoms with van der Waals surface area (Å²) in [7, 11) is 0. The lowest BCUT2D eigenvalue weighted by atomic mass is 10.3. The van der Waals surface area contributed by atoms with Gasteiger partial charge in [-0.3, -0.25) is 4.57 Å². The highest BCUT2D eigenvalue weighted by Gasteiger charge is 2.30. The first-order valence-corrected chi connectivity index (χ1v) is 8.53. The molecule has 0 unspecified atom stereocenters. The number of halogens is 4. The summed E-state index contributed by atoms with van der Waals surface area (Å²) in [4.78, 5) is 8.92. The molecular formula is C20H14F4N4O. The molecule has 2 heterocycles. The van der Waals surface area contributed by atoms with Crippen molar-refractivity contribution in [2.45, 2.75) is 13.3 Å². The van der Waals surface area contributed by atoms with Gasteiger partial charge in [-0.2, -0.15) is 0 Å². The fourth-order valence-electron chi connectivity index (χ4n) is 2.96. The number of aryl methyl sites for hydroxylation is 1. The lowest BCUT2D eigenvalue weighted by molar-refractivity contribution is -0.274. The molecular weight excluding hydrogens is 388 g/mol. The number of nitrogens with one attached hydrogen (secondary N) is 1. The van der Waals surface area contributed by atoms with Crippen LogP contribution < -0.4 is 10.1 Å². The van der Waals surface area contributed by atoms with Crippen LogP contribution in [-0.4, -0.2) is 20.9 Å². The van der Waals surface area contributed by atoms with Gasteiger partial charge in [-0.05, 0) is 55.5 Å². The standard InChI is InChI=1S/C20H14F4N4O/c1-12-25-16-10-5-13(21)11-17(16)28(12)19-4-2-3-18(27-19)26-14-6-8-15(9-7-14)29-20(22,23)24/h2-11H,1H3,(H,26,27). The summed E-state index contributed by atoms with van der Waals surface area (Å²) in [5.74, 6) is 0.938. The minimum absolute atomic E-state index is 0.313. The summed E-state index contributed by atoms with van der Waals surface area (Å²) in [6.07, 6.45) is -4.74. The molecule has 0 bridgehead atoms. The van der Waals surface area contributed by atoms with Gasteiger partial charge in [-0.15, -0.1) is 13.2 Å². The molecule has 2 aromatic heterocycles. The maximum absolute atomic E-state index is 13.7. The number of aromatic nitrogens is 3. The van der Waals surface area contributed by atoms with Crippen LogP contribution in [0.1, 0.15) is 5.82 Å². The van der Waals surface area contributed by atoms with E-state index in [0.717, 1.165) is 0 Å². The number of alkyl halides is 3. The molecule has 2 aromatic carbocycles. The van der Waals surface area contributed by atoms with Gasteiger partial charge in [0.15, 0.2) is 0 Å². The first-order chi connectivity index (χ1) is 13.8. The average Bonchev–Trinajstić information content (AvgIpc) is 2.97. The lowest BCUT2D eigenvalue weighted by Crippen LogP contribution is -2.16.